The number of nitrogens with one attached hydrogen (secondary N) is 1. The quantitative estimate of drug-likeness (QED) is 0.662. The summed E-state index contributed by atoms with van der Waals surface area (Å²) in [4.78, 5) is 16.3. The van der Waals surface area contributed by atoms with Gasteiger partial charge in [0.2, 0.25) is 5.91 Å². The van der Waals surface area contributed by atoms with E-state index in [0.29, 0.717) is 25.2 Å². The van der Waals surface area contributed by atoms with Gasteiger partial charge < -0.3 is 11.1 Å². The van der Waals surface area contributed by atoms with Crippen LogP contribution in [0.25, 0.3) is 0 Å². The smallest absolute Gasteiger partial charge is 0.234 e. The molecule has 1 heterocycles. The minimum absolute atomic E-state index is 0.188. The summed E-state index contributed by atoms with van der Waals surface area (Å²) in [5.74, 6) is 0.188. The van der Waals surface area contributed by atoms with Crippen molar-refractivity contribution in [2.75, 3.05) is 39.3 Å². The van der Waals surface area contributed by atoms with E-state index in [1.54, 1.807) is 0 Å². The van der Waals surface area contributed by atoms with Crippen molar-refractivity contribution in [2.45, 2.75) is 31.8 Å². The summed E-state index contributed by atoms with van der Waals surface area (Å²) in [5, 5.41) is 3.03. The summed E-state index contributed by atoms with van der Waals surface area (Å²) in [6.45, 7) is 7.42. The number of nitrogens with two attached hydrogens (primary N) is 1. The molecule has 0 bridgehead atoms. The molecule has 0 radical (unpaired) electrons. The maximum Gasteiger partial charge on any atom is 0.234 e. The molecule has 0 spiro atoms. The highest BCUT2D eigenvalue weighted by Gasteiger charge is 2.25. The Kier molecular flexibility index (Phi) is 4.36. The summed E-state index contributed by atoms with van der Waals surface area (Å²) >= 11 is 0. The van der Waals surface area contributed by atoms with Crippen LogP contribution in [0.5, 0.6) is 0 Å². The zero-order valence-electron chi connectivity index (χ0n) is 10.7. The summed E-state index contributed by atoms with van der Waals surface area (Å²) < 4.78 is 0. The molecule has 1 amide bonds. The average Bonchev–Trinajstić information content (AvgIpc) is 3.12. The molecule has 1 saturated heterocycles. The summed E-state index contributed by atoms with van der Waals surface area (Å²) in [6.07, 6.45) is 2.32. The molecular weight excluding hydrogens is 216 g/mol. The number of carbonyl (C=O) groups is 1. The van der Waals surface area contributed by atoms with Gasteiger partial charge in [0.15, 0.2) is 0 Å². The van der Waals surface area contributed by atoms with Crippen LogP contribution in [0.1, 0.15) is 19.8 Å². The first-order valence-electron chi connectivity index (χ1n) is 6.65. The molecule has 0 aromatic heterocycles. The molecule has 1 unspecified atom stereocenters. The standard InChI is InChI=1S/C12H24N4O/c1-10(8-13)16-6-4-15(5-7-16)9-12(17)14-11-2-3-11/h10-11H,2-9,13H2,1H3,(H,14,17). The van der Waals surface area contributed by atoms with E-state index in [1.807, 2.05) is 0 Å². The lowest BCUT2D eigenvalue weighted by atomic mass is 10.2. The van der Waals surface area contributed by atoms with E-state index >= 15 is 0 Å². The highest BCUT2D eigenvalue weighted by atomic mass is 16.2. The molecule has 5 heteroatoms. The van der Waals surface area contributed by atoms with Crippen LogP contribution in [0.4, 0.5) is 0 Å². The molecule has 2 rings (SSSR count). The van der Waals surface area contributed by atoms with Crippen LogP contribution in [-0.4, -0.2) is 67.1 Å². The Bertz CT molecular complexity index is 259. The van der Waals surface area contributed by atoms with Crippen molar-refractivity contribution in [1.29, 1.82) is 0 Å². The van der Waals surface area contributed by atoms with E-state index in [2.05, 4.69) is 22.0 Å². The zero-order chi connectivity index (χ0) is 12.3. The number of nitrogens with zero attached hydrogens (tertiary/aromatic N) is 2. The summed E-state index contributed by atoms with van der Waals surface area (Å²) in [6, 6.07) is 0.929. The van der Waals surface area contributed by atoms with Crippen molar-refractivity contribution in [3.05, 3.63) is 0 Å². The highest BCUT2D eigenvalue weighted by Crippen LogP contribution is 2.18. The average molecular weight is 240 g/mol. The molecule has 2 fully saturated rings. The fourth-order valence-electron chi connectivity index (χ4n) is 2.22. The summed E-state index contributed by atoms with van der Waals surface area (Å²) in [7, 11) is 0. The van der Waals surface area contributed by atoms with Gasteiger partial charge in [0.1, 0.15) is 0 Å². The number of rotatable bonds is 5. The molecule has 0 aromatic carbocycles. The van der Waals surface area contributed by atoms with E-state index < -0.39 is 0 Å². The molecule has 1 aliphatic heterocycles. The van der Waals surface area contributed by atoms with Gasteiger partial charge in [0, 0.05) is 44.8 Å². The van der Waals surface area contributed by atoms with Crippen LogP contribution in [0, 0.1) is 0 Å². The first-order valence-corrected chi connectivity index (χ1v) is 6.65. The van der Waals surface area contributed by atoms with Gasteiger partial charge in [-0.25, -0.2) is 0 Å². The largest absolute Gasteiger partial charge is 0.352 e. The molecule has 0 aromatic rings. The van der Waals surface area contributed by atoms with E-state index in [4.69, 9.17) is 5.73 Å². The Morgan fingerprint density at radius 2 is 2.00 bits per heavy atom. The van der Waals surface area contributed by atoms with Crippen LogP contribution in [0.2, 0.25) is 0 Å². The van der Waals surface area contributed by atoms with Gasteiger partial charge in [-0.15, -0.1) is 0 Å². The third-order valence-corrected chi connectivity index (χ3v) is 3.68. The van der Waals surface area contributed by atoms with Crippen molar-refractivity contribution in [3.63, 3.8) is 0 Å². The number of hydrogen-bond donors (Lipinski definition) is 2. The molecule has 1 aliphatic carbocycles. The Morgan fingerprint density at radius 3 is 2.53 bits per heavy atom. The number of hydrogen-bond acceptors (Lipinski definition) is 4. The molecule has 3 N–H and O–H groups in total. The molecule has 1 saturated carbocycles. The van der Waals surface area contributed by atoms with Crippen LogP contribution < -0.4 is 11.1 Å². The SMILES string of the molecule is CC(CN)N1CCN(CC(=O)NC2CC2)CC1. The molecule has 1 atom stereocenters. The highest BCUT2D eigenvalue weighted by molar-refractivity contribution is 5.78. The van der Waals surface area contributed by atoms with Crippen molar-refractivity contribution in [1.82, 2.24) is 15.1 Å². The molecule has 2 aliphatic rings. The predicted octanol–water partition coefficient (Wildman–Crippen LogP) is -0.770. The Balaban J connectivity index is 1.65. The fourth-order valence-corrected chi connectivity index (χ4v) is 2.22. The second-order valence-corrected chi connectivity index (χ2v) is 5.24. The molecular formula is C12H24N4O. The van der Waals surface area contributed by atoms with Crippen molar-refractivity contribution in [2.24, 2.45) is 5.73 Å². The first-order chi connectivity index (χ1) is 8.19. The van der Waals surface area contributed by atoms with Crippen LogP contribution in [0.3, 0.4) is 0 Å². The van der Waals surface area contributed by atoms with E-state index in [-0.39, 0.29) is 5.91 Å². The van der Waals surface area contributed by atoms with Crippen molar-refractivity contribution >= 4 is 5.91 Å². The summed E-state index contributed by atoms with van der Waals surface area (Å²) in [5.41, 5.74) is 5.66. The van der Waals surface area contributed by atoms with Gasteiger partial charge in [-0.2, -0.15) is 0 Å². The van der Waals surface area contributed by atoms with Crippen LogP contribution in [-0.2, 0) is 4.79 Å². The van der Waals surface area contributed by atoms with Gasteiger partial charge >= 0.3 is 0 Å². The minimum atomic E-state index is 0.188. The van der Waals surface area contributed by atoms with Gasteiger partial charge in [-0.3, -0.25) is 14.6 Å². The number of amides is 1. The lowest BCUT2D eigenvalue weighted by Gasteiger charge is -2.37. The monoisotopic (exact) mass is 240 g/mol. The van der Waals surface area contributed by atoms with Crippen LogP contribution in [0.15, 0.2) is 0 Å². The molecule has 98 valence electrons. The maximum atomic E-state index is 11.6. The molecule has 17 heavy (non-hydrogen) atoms. The number of piperazine rings is 1. The fraction of sp³-hybridized carbons (Fsp3) is 0.917. The second-order valence-electron chi connectivity index (χ2n) is 5.24. The first kappa shape index (κ1) is 12.8. The second kappa shape index (κ2) is 5.80. The van der Waals surface area contributed by atoms with E-state index in [1.165, 1.54) is 0 Å². The van der Waals surface area contributed by atoms with Crippen molar-refractivity contribution in [3.8, 4) is 0 Å². The minimum Gasteiger partial charge on any atom is -0.352 e. The van der Waals surface area contributed by atoms with Gasteiger partial charge in [-0.1, -0.05) is 0 Å². The van der Waals surface area contributed by atoms with Crippen LogP contribution >= 0.6 is 0 Å². The van der Waals surface area contributed by atoms with Gasteiger partial charge in [0.05, 0.1) is 6.54 Å². The van der Waals surface area contributed by atoms with Gasteiger partial charge in [0.25, 0.3) is 0 Å². The Morgan fingerprint density at radius 1 is 1.35 bits per heavy atom. The lowest BCUT2D eigenvalue weighted by Crippen LogP contribution is -2.53. The Labute approximate surface area is 103 Å². The predicted molar refractivity (Wildman–Crippen MR) is 67.7 cm³/mol. The third-order valence-electron chi connectivity index (χ3n) is 3.68. The van der Waals surface area contributed by atoms with Gasteiger partial charge in [-0.05, 0) is 19.8 Å². The maximum absolute atomic E-state index is 11.6. The third kappa shape index (κ3) is 3.94. The lowest BCUT2D eigenvalue weighted by molar-refractivity contribution is -0.122. The number of carbonyl (C=O) groups excluding carboxylic acids is 1. The van der Waals surface area contributed by atoms with E-state index in [9.17, 15) is 4.79 Å². The zero-order valence-corrected chi connectivity index (χ0v) is 10.7. The van der Waals surface area contributed by atoms with Crippen molar-refractivity contribution < 1.29 is 4.79 Å². The Hall–Kier alpha value is -0.650. The normalized spacial score (nSPS) is 24.6. The van der Waals surface area contributed by atoms with E-state index in [0.717, 1.165) is 39.0 Å². The topological polar surface area (TPSA) is 61.6 Å². The molecule has 5 nitrogen and oxygen atoms in total.